The van der Waals surface area contributed by atoms with Crippen molar-refractivity contribution in [1.82, 2.24) is 24.6 Å². The summed E-state index contributed by atoms with van der Waals surface area (Å²) in [5.41, 5.74) is 0.472. The number of aliphatic hydroxyl groups is 1. The molecule has 2 aromatic heterocycles. The largest absolute Gasteiger partial charge is 0.391 e. The van der Waals surface area contributed by atoms with Crippen LogP contribution in [0.4, 0.5) is 5.95 Å². The molecule has 1 saturated carbocycles. The van der Waals surface area contributed by atoms with Crippen molar-refractivity contribution in [2.75, 3.05) is 18.9 Å². The number of rotatable bonds is 3. The molecule has 8 heteroatoms. The number of anilines is 1. The van der Waals surface area contributed by atoms with Gasteiger partial charge >= 0.3 is 0 Å². The molecule has 0 bridgehead atoms. The Morgan fingerprint density at radius 2 is 2.16 bits per heavy atom. The van der Waals surface area contributed by atoms with Gasteiger partial charge < -0.3 is 15.3 Å². The van der Waals surface area contributed by atoms with E-state index < -0.39 is 6.10 Å². The molecule has 136 valence electrons. The van der Waals surface area contributed by atoms with Crippen molar-refractivity contribution in [3.05, 3.63) is 16.6 Å². The summed E-state index contributed by atoms with van der Waals surface area (Å²) in [4.78, 5) is 21.8. The quantitative estimate of drug-likeness (QED) is 0.751. The van der Waals surface area contributed by atoms with Gasteiger partial charge in [0.15, 0.2) is 5.65 Å². The van der Waals surface area contributed by atoms with Crippen molar-refractivity contribution >= 4 is 17.0 Å². The normalized spacial score (nSPS) is 32.6. The molecule has 0 radical (unpaired) electrons. The van der Waals surface area contributed by atoms with E-state index in [1.165, 1.54) is 6.20 Å². The minimum absolute atomic E-state index is 0.108. The van der Waals surface area contributed by atoms with Gasteiger partial charge in [-0.05, 0) is 25.8 Å². The van der Waals surface area contributed by atoms with Crippen molar-refractivity contribution < 1.29 is 5.11 Å². The molecule has 0 aromatic carbocycles. The molecular weight excluding hydrogens is 320 g/mol. The Kier molecular flexibility index (Phi) is 3.66. The van der Waals surface area contributed by atoms with Crippen LogP contribution in [0.1, 0.15) is 26.7 Å². The lowest BCUT2D eigenvalue weighted by atomic mass is 9.66. The van der Waals surface area contributed by atoms with Gasteiger partial charge in [0.25, 0.3) is 5.56 Å². The topological polar surface area (TPSA) is 99.1 Å². The minimum Gasteiger partial charge on any atom is -0.391 e. The van der Waals surface area contributed by atoms with E-state index in [4.69, 9.17) is 0 Å². The third kappa shape index (κ3) is 2.46. The number of hydrogen-bond acceptors (Lipinski definition) is 6. The molecule has 25 heavy (non-hydrogen) atoms. The summed E-state index contributed by atoms with van der Waals surface area (Å²) >= 11 is 0. The number of fused-ring (bicyclic) bond motifs is 1. The van der Waals surface area contributed by atoms with Crippen molar-refractivity contribution in [3.63, 3.8) is 0 Å². The van der Waals surface area contributed by atoms with Gasteiger partial charge in [-0.1, -0.05) is 13.8 Å². The maximum atomic E-state index is 12.2. The second kappa shape index (κ2) is 5.54. The summed E-state index contributed by atoms with van der Waals surface area (Å²) in [5.74, 6) is 0.949. The Hall–Kier alpha value is -1.93. The summed E-state index contributed by atoms with van der Waals surface area (Å²) in [6.45, 7) is 5.49. The van der Waals surface area contributed by atoms with Gasteiger partial charge in [0, 0.05) is 25.0 Å². The van der Waals surface area contributed by atoms with E-state index in [-0.39, 0.29) is 17.0 Å². The lowest BCUT2D eigenvalue weighted by molar-refractivity contribution is -0.0825. The summed E-state index contributed by atoms with van der Waals surface area (Å²) < 4.78 is 1.58. The van der Waals surface area contributed by atoms with Crippen LogP contribution in [0.5, 0.6) is 0 Å². The molecule has 1 aliphatic heterocycles. The van der Waals surface area contributed by atoms with Crippen molar-refractivity contribution in [2.45, 2.75) is 44.9 Å². The van der Waals surface area contributed by atoms with E-state index in [9.17, 15) is 9.90 Å². The highest BCUT2D eigenvalue weighted by molar-refractivity contribution is 5.74. The predicted octanol–water partition coefficient (Wildman–Crippen LogP) is 0.548. The number of nitrogens with zero attached hydrogens (tertiary/aromatic N) is 4. The third-order valence-electron chi connectivity index (χ3n) is 5.93. The summed E-state index contributed by atoms with van der Waals surface area (Å²) in [5, 5.41) is 18.4. The second-order valence-electron chi connectivity index (χ2n) is 8.11. The van der Waals surface area contributed by atoms with E-state index in [0.717, 1.165) is 19.4 Å². The number of nitrogens with one attached hydrogen (secondary N) is 2. The van der Waals surface area contributed by atoms with Crippen LogP contribution in [0.3, 0.4) is 0 Å². The first-order chi connectivity index (χ1) is 11.8. The number of hydrogen-bond donors (Lipinski definition) is 3. The molecule has 3 heterocycles. The third-order valence-corrected chi connectivity index (χ3v) is 5.93. The molecule has 3 N–H and O–H groups in total. The van der Waals surface area contributed by atoms with Crippen molar-refractivity contribution in [1.29, 1.82) is 0 Å². The second-order valence-corrected chi connectivity index (χ2v) is 8.11. The fourth-order valence-electron chi connectivity index (χ4n) is 5.27. The van der Waals surface area contributed by atoms with Gasteiger partial charge in [-0.15, -0.1) is 0 Å². The SMILES string of the molecule is CC(C)C1N(C)CC12C[C@@H](O)[C@H](Nc1nc3c(cnn3C)c(=O)[nH]1)C2. The average Bonchev–Trinajstić information content (AvgIpc) is 3.01. The van der Waals surface area contributed by atoms with Crippen LogP contribution < -0.4 is 10.9 Å². The highest BCUT2D eigenvalue weighted by Gasteiger charge is 2.58. The summed E-state index contributed by atoms with van der Waals surface area (Å²) in [6.07, 6.45) is 2.74. The first-order valence-electron chi connectivity index (χ1n) is 8.87. The Balaban J connectivity index is 1.58. The summed E-state index contributed by atoms with van der Waals surface area (Å²) in [6, 6.07) is 0.379. The molecule has 1 aliphatic carbocycles. The summed E-state index contributed by atoms with van der Waals surface area (Å²) in [7, 11) is 3.91. The van der Waals surface area contributed by atoms with Crippen molar-refractivity contribution in [3.8, 4) is 0 Å². The van der Waals surface area contributed by atoms with E-state index in [0.29, 0.717) is 28.9 Å². The predicted molar refractivity (Wildman–Crippen MR) is 95.5 cm³/mol. The van der Waals surface area contributed by atoms with Crippen LogP contribution in [0.25, 0.3) is 11.0 Å². The molecule has 8 nitrogen and oxygen atoms in total. The fraction of sp³-hybridized carbons (Fsp3) is 0.706. The lowest BCUT2D eigenvalue weighted by Gasteiger charge is -2.57. The number of likely N-dealkylation sites (tertiary alicyclic amines) is 1. The number of aryl methyl sites for hydroxylation is 1. The Labute approximate surface area is 146 Å². The van der Waals surface area contributed by atoms with Crippen LogP contribution >= 0.6 is 0 Å². The van der Waals surface area contributed by atoms with Gasteiger partial charge in [0.1, 0.15) is 5.39 Å². The number of H-pyrrole nitrogens is 1. The molecule has 0 amide bonds. The Morgan fingerprint density at radius 3 is 2.84 bits per heavy atom. The Morgan fingerprint density at radius 1 is 1.40 bits per heavy atom. The molecule has 2 aromatic rings. The van der Waals surface area contributed by atoms with Crippen LogP contribution in [-0.4, -0.2) is 61.5 Å². The molecule has 4 atom stereocenters. The molecule has 1 spiro atoms. The molecule has 2 unspecified atom stereocenters. The number of aromatic amines is 1. The highest BCUT2D eigenvalue weighted by Crippen LogP contribution is 2.52. The zero-order chi connectivity index (χ0) is 17.9. The molecule has 1 saturated heterocycles. The maximum absolute atomic E-state index is 12.2. The molecule has 2 fully saturated rings. The molecular formula is C17H26N6O2. The van der Waals surface area contributed by atoms with E-state index in [1.54, 1.807) is 11.7 Å². The first kappa shape index (κ1) is 16.5. The van der Waals surface area contributed by atoms with Crippen LogP contribution in [-0.2, 0) is 7.05 Å². The van der Waals surface area contributed by atoms with E-state index in [2.05, 4.69) is 46.2 Å². The molecule has 4 rings (SSSR count). The van der Waals surface area contributed by atoms with Gasteiger partial charge in [-0.2, -0.15) is 10.1 Å². The smallest absolute Gasteiger partial charge is 0.263 e. The van der Waals surface area contributed by atoms with E-state index in [1.807, 2.05) is 0 Å². The maximum Gasteiger partial charge on any atom is 0.263 e. The van der Waals surface area contributed by atoms with Gasteiger partial charge in [-0.3, -0.25) is 14.5 Å². The first-order valence-corrected chi connectivity index (χ1v) is 8.87. The standard InChI is InChI=1S/C17H26N6O2/c1-9(2)13-17(8-22(13)3)5-11(12(24)6-17)19-16-20-14-10(15(25)21-16)7-18-23(14)4/h7,9,11-13,24H,5-6,8H2,1-4H3,(H2,19,20,21,25)/t11-,12-,13?,17?/m1/s1. The van der Waals surface area contributed by atoms with Gasteiger partial charge in [-0.25, -0.2) is 0 Å². The zero-order valence-electron chi connectivity index (χ0n) is 15.2. The lowest BCUT2D eigenvalue weighted by Crippen LogP contribution is -2.64. The zero-order valence-corrected chi connectivity index (χ0v) is 15.2. The number of aromatic nitrogens is 4. The van der Waals surface area contributed by atoms with Gasteiger partial charge in [0.2, 0.25) is 5.95 Å². The van der Waals surface area contributed by atoms with Crippen molar-refractivity contribution in [2.24, 2.45) is 18.4 Å². The van der Waals surface area contributed by atoms with Crippen LogP contribution in [0.15, 0.2) is 11.0 Å². The molecule has 2 aliphatic rings. The Bertz CT molecular complexity index is 854. The monoisotopic (exact) mass is 346 g/mol. The van der Waals surface area contributed by atoms with Gasteiger partial charge in [0.05, 0.1) is 18.3 Å². The number of aliphatic hydroxyl groups excluding tert-OH is 1. The highest BCUT2D eigenvalue weighted by atomic mass is 16.3. The van der Waals surface area contributed by atoms with E-state index >= 15 is 0 Å². The average molecular weight is 346 g/mol. The van der Waals surface area contributed by atoms with Crippen LogP contribution in [0, 0.1) is 11.3 Å². The minimum atomic E-state index is -0.442. The fourth-order valence-corrected chi connectivity index (χ4v) is 5.27. The van der Waals surface area contributed by atoms with Crippen LogP contribution in [0.2, 0.25) is 0 Å².